The number of fused-ring (bicyclic) bond motifs is 1. The van der Waals surface area contributed by atoms with Crippen LogP contribution < -0.4 is 14.8 Å². The molecule has 4 rings (SSSR count). The van der Waals surface area contributed by atoms with E-state index < -0.39 is 0 Å². The normalized spacial score (nSPS) is 15.6. The molecular weight excluding hydrogens is 405 g/mol. The van der Waals surface area contributed by atoms with E-state index in [-0.39, 0.29) is 6.04 Å². The van der Waals surface area contributed by atoms with Crippen LogP contribution in [0, 0.1) is 0 Å². The number of hydrogen-bond donors (Lipinski definition) is 1. The van der Waals surface area contributed by atoms with E-state index >= 15 is 0 Å². The summed E-state index contributed by atoms with van der Waals surface area (Å²) in [4.78, 5) is 0. The Morgan fingerprint density at radius 1 is 0.931 bits per heavy atom. The summed E-state index contributed by atoms with van der Waals surface area (Å²) in [5.41, 5.74) is 4.80. The van der Waals surface area contributed by atoms with Crippen molar-refractivity contribution in [1.82, 2.24) is 5.32 Å². The molecule has 3 aromatic rings. The van der Waals surface area contributed by atoms with Crippen molar-refractivity contribution in [2.24, 2.45) is 0 Å². The molecule has 5 heteroatoms. The van der Waals surface area contributed by atoms with E-state index in [0.717, 1.165) is 42.0 Å². The number of ether oxygens (including phenoxy) is 2. The first-order valence-corrected chi connectivity index (χ1v) is 10.4. The zero-order valence-electron chi connectivity index (χ0n) is 16.3. The standard InChI is InChI=1S/C24H23Cl2NO2/c1-28-23-13-18-9-10-27-22(12-17-7-8-20(25)21(26)11-17)19(18)14-24(23)29-15-16-5-3-2-4-6-16/h2-8,11,13-14,22,27H,9-10,12,15H2,1H3/t22-/m1/s1. The number of nitrogens with one attached hydrogen (secondary N) is 1. The predicted molar refractivity (Wildman–Crippen MR) is 118 cm³/mol. The topological polar surface area (TPSA) is 30.5 Å². The van der Waals surface area contributed by atoms with Gasteiger partial charge in [-0.1, -0.05) is 59.6 Å². The van der Waals surface area contributed by atoms with Gasteiger partial charge in [0.1, 0.15) is 6.61 Å². The van der Waals surface area contributed by atoms with Gasteiger partial charge in [-0.3, -0.25) is 0 Å². The fourth-order valence-corrected chi connectivity index (χ4v) is 4.06. The van der Waals surface area contributed by atoms with Crippen LogP contribution in [0.15, 0.2) is 60.7 Å². The fraction of sp³-hybridized carbons (Fsp3) is 0.250. The number of halogens is 2. The van der Waals surface area contributed by atoms with E-state index in [2.05, 4.69) is 29.6 Å². The highest BCUT2D eigenvalue weighted by Gasteiger charge is 2.23. The summed E-state index contributed by atoms with van der Waals surface area (Å²) in [6.07, 6.45) is 1.79. The highest BCUT2D eigenvalue weighted by molar-refractivity contribution is 6.42. The highest BCUT2D eigenvalue weighted by atomic mass is 35.5. The molecule has 3 aromatic carbocycles. The smallest absolute Gasteiger partial charge is 0.162 e. The van der Waals surface area contributed by atoms with E-state index in [1.54, 1.807) is 7.11 Å². The Hall–Kier alpha value is -2.20. The van der Waals surface area contributed by atoms with Crippen LogP contribution in [0.1, 0.15) is 28.3 Å². The predicted octanol–water partition coefficient (Wildman–Crippen LogP) is 6.01. The van der Waals surface area contributed by atoms with Crippen LogP contribution in [0.2, 0.25) is 10.0 Å². The second kappa shape index (κ2) is 9.08. The molecule has 0 saturated carbocycles. The molecular formula is C24H23Cl2NO2. The first kappa shape index (κ1) is 20.1. The Bertz CT molecular complexity index is 992. The third-order valence-electron chi connectivity index (χ3n) is 5.25. The van der Waals surface area contributed by atoms with Crippen molar-refractivity contribution in [3.05, 3.63) is 93.0 Å². The maximum atomic E-state index is 6.21. The van der Waals surface area contributed by atoms with Gasteiger partial charge in [0.2, 0.25) is 0 Å². The summed E-state index contributed by atoms with van der Waals surface area (Å²) in [7, 11) is 1.69. The quantitative estimate of drug-likeness (QED) is 0.522. The van der Waals surface area contributed by atoms with Gasteiger partial charge in [0, 0.05) is 6.04 Å². The van der Waals surface area contributed by atoms with Crippen molar-refractivity contribution in [2.45, 2.75) is 25.5 Å². The van der Waals surface area contributed by atoms with Crippen molar-refractivity contribution in [1.29, 1.82) is 0 Å². The summed E-state index contributed by atoms with van der Waals surface area (Å²) in [5.74, 6) is 1.54. The summed E-state index contributed by atoms with van der Waals surface area (Å²) in [5, 5.41) is 4.79. The van der Waals surface area contributed by atoms with E-state index in [1.807, 2.05) is 36.4 Å². The van der Waals surface area contributed by atoms with Crippen LogP contribution in [-0.4, -0.2) is 13.7 Å². The lowest BCUT2D eigenvalue weighted by Gasteiger charge is -2.28. The second-order valence-corrected chi connectivity index (χ2v) is 8.00. The highest BCUT2D eigenvalue weighted by Crippen LogP contribution is 2.37. The van der Waals surface area contributed by atoms with Crippen molar-refractivity contribution in [3.63, 3.8) is 0 Å². The van der Waals surface area contributed by atoms with Gasteiger partial charge in [0.05, 0.1) is 17.2 Å². The van der Waals surface area contributed by atoms with Crippen molar-refractivity contribution < 1.29 is 9.47 Å². The Morgan fingerprint density at radius 3 is 2.52 bits per heavy atom. The molecule has 0 bridgehead atoms. The average Bonchev–Trinajstić information content (AvgIpc) is 2.75. The third kappa shape index (κ3) is 4.69. The van der Waals surface area contributed by atoms with Crippen LogP contribution >= 0.6 is 23.2 Å². The number of benzene rings is 3. The minimum Gasteiger partial charge on any atom is -0.493 e. The molecule has 0 aliphatic carbocycles. The molecule has 29 heavy (non-hydrogen) atoms. The van der Waals surface area contributed by atoms with Gasteiger partial charge in [-0.25, -0.2) is 0 Å². The molecule has 0 aromatic heterocycles. The Morgan fingerprint density at radius 2 is 1.76 bits per heavy atom. The van der Waals surface area contributed by atoms with E-state index in [1.165, 1.54) is 11.1 Å². The number of rotatable bonds is 6. The van der Waals surface area contributed by atoms with Crippen molar-refractivity contribution in [3.8, 4) is 11.5 Å². The minimum absolute atomic E-state index is 0.181. The monoisotopic (exact) mass is 427 g/mol. The molecule has 1 aliphatic heterocycles. The molecule has 0 radical (unpaired) electrons. The van der Waals surface area contributed by atoms with Gasteiger partial charge in [-0.05, 0) is 65.9 Å². The van der Waals surface area contributed by atoms with Gasteiger partial charge >= 0.3 is 0 Å². The van der Waals surface area contributed by atoms with Crippen LogP contribution in [0.25, 0.3) is 0 Å². The second-order valence-electron chi connectivity index (χ2n) is 7.19. The zero-order chi connectivity index (χ0) is 20.2. The minimum atomic E-state index is 0.181. The molecule has 1 heterocycles. The molecule has 0 amide bonds. The lowest BCUT2D eigenvalue weighted by molar-refractivity contribution is 0.283. The van der Waals surface area contributed by atoms with Gasteiger partial charge in [0.25, 0.3) is 0 Å². The van der Waals surface area contributed by atoms with E-state index in [9.17, 15) is 0 Å². The Balaban J connectivity index is 1.60. The van der Waals surface area contributed by atoms with Crippen LogP contribution in [0.4, 0.5) is 0 Å². The first-order chi connectivity index (χ1) is 14.1. The summed E-state index contributed by atoms with van der Waals surface area (Å²) < 4.78 is 11.7. The molecule has 1 N–H and O–H groups in total. The zero-order valence-corrected chi connectivity index (χ0v) is 17.8. The lowest BCUT2D eigenvalue weighted by Crippen LogP contribution is -2.31. The molecule has 0 unspecified atom stereocenters. The summed E-state index contributed by atoms with van der Waals surface area (Å²) in [6.45, 7) is 1.42. The summed E-state index contributed by atoms with van der Waals surface area (Å²) >= 11 is 12.3. The van der Waals surface area contributed by atoms with Crippen molar-refractivity contribution in [2.75, 3.05) is 13.7 Å². The molecule has 1 atom stereocenters. The van der Waals surface area contributed by atoms with Crippen molar-refractivity contribution >= 4 is 23.2 Å². The average molecular weight is 428 g/mol. The number of methoxy groups -OCH3 is 1. The van der Waals surface area contributed by atoms with E-state index in [0.29, 0.717) is 16.7 Å². The molecule has 0 saturated heterocycles. The largest absolute Gasteiger partial charge is 0.493 e. The molecule has 3 nitrogen and oxygen atoms in total. The number of hydrogen-bond acceptors (Lipinski definition) is 3. The lowest BCUT2D eigenvalue weighted by atomic mass is 9.90. The maximum Gasteiger partial charge on any atom is 0.162 e. The maximum absolute atomic E-state index is 6.21. The van der Waals surface area contributed by atoms with Gasteiger partial charge in [0.15, 0.2) is 11.5 Å². The van der Waals surface area contributed by atoms with Crippen LogP contribution in [0.5, 0.6) is 11.5 Å². The molecule has 0 spiro atoms. The van der Waals surface area contributed by atoms with Gasteiger partial charge in [-0.2, -0.15) is 0 Å². The SMILES string of the molecule is COc1cc2c(cc1OCc1ccccc1)[C@@H](Cc1ccc(Cl)c(Cl)c1)NCC2. The fourth-order valence-electron chi connectivity index (χ4n) is 3.74. The summed E-state index contributed by atoms with van der Waals surface area (Å²) in [6, 6.07) is 20.4. The Labute approximate surface area is 181 Å². The Kier molecular flexibility index (Phi) is 6.29. The molecule has 0 fully saturated rings. The molecule has 150 valence electrons. The van der Waals surface area contributed by atoms with E-state index in [4.69, 9.17) is 32.7 Å². The van der Waals surface area contributed by atoms with Crippen LogP contribution in [-0.2, 0) is 19.4 Å². The third-order valence-corrected chi connectivity index (χ3v) is 5.99. The molecule has 1 aliphatic rings. The first-order valence-electron chi connectivity index (χ1n) is 9.69. The van der Waals surface area contributed by atoms with Gasteiger partial charge in [-0.15, -0.1) is 0 Å². The van der Waals surface area contributed by atoms with Crippen LogP contribution in [0.3, 0.4) is 0 Å². The van der Waals surface area contributed by atoms with Gasteiger partial charge < -0.3 is 14.8 Å².